The summed E-state index contributed by atoms with van der Waals surface area (Å²) in [5.41, 5.74) is 8.01. The fourth-order valence-electron chi connectivity index (χ4n) is 5.58. The summed E-state index contributed by atoms with van der Waals surface area (Å²) in [5, 5.41) is 0. The molecule has 0 spiro atoms. The van der Waals surface area contributed by atoms with Gasteiger partial charge < -0.3 is 0 Å². The van der Waals surface area contributed by atoms with E-state index in [1.807, 2.05) is 0 Å². The van der Waals surface area contributed by atoms with Crippen LogP contribution in [-0.2, 0) is 16.2 Å². The van der Waals surface area contributed by atoms with Gasteiger partial charge in [0.15, 0.2) is 0 Å². The van der Waals surface area contributed by atoms with Gasteiger partial charge in [-0.15, -0.1) is 0 Å². The van der Waals surface area contributed by atoms with Crippen molar-refractivity contribution in [2.75, 3.05) is 0 Å². The average Bonchev–Trinajstić information content (AvgIpc) is 3.10. The molecule has 0 heterocycles. The van der Waals surface area contributed by atoms with Crippen LogP contribution in [0.4, 0.5) is 0 Å². The van der Waals surface area contributed by atoms with Crippen LogP contribution in [0.5, 0.6) is 0 Å². The quantitative estimate of drug-likeness (QED) is 0.411. The first-order chi connectivity index (χ1) is 12.2. The molecule has 2 aliphatic carbocycles. The van der Waals surface area contributed by atoms with Gasteiger partial charge in [0.2, 0.25) is 0 Å². The van der Waals surface area contributed by atoms with E-state index in [-0.39, 0.29) is 0 Å². The van der Waals surface area contributed by atoms with Gasteiger partial charge in [-0.1, -0.05) is 0 Å². The molecule has 2 aromatic carbocycles. The molecule has 0 nitrogen and oxygen atoms in total. The normalized spacial score (nSPS) is 21.8. The summed E-state index contributed by atoms with van der Waals surface area (Å²) in [5.74, 6) is 0. The van der Waals surface area contributed by atoms with Crippen LogP contribution in [0.25, 0.3) is 12.2 Å². The molecule has 2 atom stereocenters. The molecule has 134 valence electrons. The number of allylic oxidation sites excluding steroid dienone is 2. The van der Waals surface area contributed by atoms with Crippen LogP contribution in [0.1, 0.15) is 43.4 Å². The predicted molar refractivity (Wildman–Crippen MR) is 115 cm³/mol. The SMILES string of the molecule is CC1=Cc2ccccc2[CH]1[Zr]([CH3])([Cl])([CH]1C(C)=Cc2ccccc21)=[Si](C)C. The van der Waals surface area contributed by atoms with E-state index in [1.165, 1.54) is 33.4 Å². The molecule has 2 aliphatic rings. The van der Waals surface area contributed by atoms with Crippen LogP contribution in [0.15, 0.2) is 59.7 Å². The van der Waals surface area contributed by atoms with E-state index < -0.39 is 21.6 Å². The van der Waals surface area contributed by atoms with Crippen LogP contribution in [0, 0.1) is 0 Å². The number of halogens is 1. The molecule has 2 unspecified atom stereocenters. The maximum atomic E-state index is 8.16. The molecule has 0 N–H and O–H groups in total. The van der Waals surface area contributed by atoms with E-state index in [4.69, 9.17) is 8.51 Å². The van der Waals surface area contributed by atoms with Crippen LogP contribution in [0.2, 0.25) is 17.7 Å². The standard InChI is InChI=1S/2C10H9.C2H6Si.CH3.ClH.Zr/c2*1-8-6-9-4-2-3-5-10(9)7-8;1-3-2;;;/h2*2-7H,1H3;1-2H3;1H3;1H;/q;;;;;+1/p-1. The van der Waals surface area contributed by atoms with Crippen molar-refractivity contribution in [1.29, 1.82) is 0 Å². The Bertz CT molecular complexity index is 974. The van der Waals surface area contributed by atoms with Crippen molar-refractivity contribution in [1.82, 2.24) is 0 Å². The van der Waals surface area contributed by atoms with Crippen molar-refractivity contribution in [2.24, 2.45) is 0 Å². The second kappa shape index (κ2) is 6.16. The Morgan fingerprint density at radius 3 is 1.54 bits per heavy atom. The van der Waals surface area contributed by atoms with Crippen molar-refractivity contribution in [3.8, 4) is 0 Å². The molecule has 0 aliphatic heterocycles. The zero-order valence-corrected chi connectivity index (χ0v) is 20.5. The molecule has 3 heteroatoms. The molecule has 0 amide bonds. The number of benzene rings is 2. The number of rotatable bonds is 2. The molecule has 0 saturated carbocycles. The van der Waals surface area contributed by atoms with E-state index in [9.17, 15) is 0 Å². The molecular weight excluding hydrogens is 431 g/mol. The van der Waals surface area contributed by atoms with Gasteiger partial charge in [-0.25, -0.2) is 0 Å². The summed E-state index contributed by atoms with van der Waals surface area (Å²) in [6, 6.07) is 17.9. The fourth-order valence-corrected chi connectivity index (χ4v) is 35.0. The van der Waals surface area contributed by atoms with Crippen LogP contribution in [-0.4, -0.2) is 5.43 Å². The van der Waals surface area contributed by atoms with E-state index in [2.05, 4.69) is 92.3 Å². The van der Waals surface area contributed by atoms with E-state index in [0.29, 0.717) is 7.25 Å². The van der Waals surface area contributed by atoms with Gasteiger partial charge in [0.1, 0.15) is 0 Å². The molecule has 0 radical (unpaired) electrons. The summed E-state index contributed by atoms with van der Waals surface area (Å²) in [6.45, 7) is 9.58. The second-order valence-corrected chi connectivity index (χ2v) is 45.3. The summed E-state index contributed by atoms with van der Waals surface area (Å²) < 4.78 is 3.45. The fraction of sp³-hybridized carbons (Fsp3) is 0.304. The van der Waals surface area contributed by atoms with Crippen molar-refractivity contribution in [3.05, 3.63) is 81.9 Å². The van der Waals surface area contributed by atoms with Gasteiger partial charge >= 0.3 is 163 Å². The van der Waals surface area contributed by atoms with E-state index in [0.717, 1.165) is 0 Å². The van der Waals surface area contributed by atoms with E-state index >= 15 is 0 Å². The average molecular weight is 458 g/mol. The Morgan fingerprint density at radius 1 is 0.769 bits per heavy atom. The summed E-state index contributed by atoms with van der Waals surface area (Å²) in [7, 11) is 8.16. The number of hydrogen-bond acceptors (Lipinski definition) is 0. The van der Waals surface area contributed by atoms with Crippen LogP contribution in [0.3, 0.4) is 0 Å². The zero-order chi connectivity index (χ0) is 18.7. The molecule has 4 rings (SSSR count). The first-order valence-corrected chi connectivity index (χ1v) is 24.1. The monoisotopic (exact) mass is 456 g/mol. The topological polar surface area (TPSA) is 0 Å². The van der Waals surface area contributed by atoms with Gasteiger partial charge in [-0.2, -0.15) is 0 Å². The van der Waals surface area contributed by atoms with Gasteiger partial charge in [-0.3, -0.25) is 0 Å². The van der Waals surface area contributed by atoms with Gasteiger partial charge in [0.25, 0.3) is 0 Å². The van der Waals surface area contributed by atoms with E-state index in [1.54, 1.807) is 0 Å². The minimum atomic E-state index is -3.81. The Balaban J connectivity index is 2.05. The number of fused-ring (bicyclic) bond motifs is 2. The van der Waals surface area contributed by atoms with Gasteiger partial charge in [0, 0.05) is 0 Å². The van der Waals surface area contributed by atoms with Crippen LogP contribution >= 0.6 is 8.51 Å². The molecule has 0 bridgehead atoms. The van der Waals surface area contributed by atoms with Gasteiger partial charge in [0.05, 0.1) is 0 Å². The minimum absolute atomic E-state index is 0.442. The molecule has 26 heavy (non-hydrogen) atoms. The summed E-state index contributed by atoms with van der Waals surface area (Å²) in [4.78, 5) is 0. The number of hydrogen-bond donors (Lipinski definition) is 0. The third-order valence-corrected chi connectivity index (χ3v) is 51.6. The Morgan fingerprint density at radius 2 is 1.15 bits per heavy atom. The molecule has 0 fully saturated rings. The first kappa shape index (κ1) is 18.7. The second-order valence-electron chi connectivity index (χ2n) is 8.68. The van der Waals surface area contributed by atoms with Gasteiger partial charge in [-0.05, 0) is 0 Å². The molecule has 0 saturated heterocycles. The van der Waals surface area contributed by atoms with Crippen molar-refractivity contribution in [2.45, 2.75) is 38.8 Å². The summed E-state index contributed by atoms with van der Waals surface area (Å²) in [6.07, 6.45) is 4.79. The Kier molecular flexibility index (Phi) is 4.42. The van der Waals surface area contributed by atoms with Crippen LogP contribution < -0.4 is 0 Å². The maximum absolute atomic E-state index is 8.16. The predicted octanol–water partition coefficient (Wildman–Crippen LogP) is 7.45. The molecular formula is C23H27ClSiZr. The summed E-state index contributed by atoms with van der Waals surface area (Å²) >= 11 is -3.81. The molecule has 0 aromatic heterocycles. The van der Waals surface area contributed by atoms with Crippen molar-refractivity contribution < 1.29 is 16.2 Å². The third kappa shape index (κ3) is 2.42. The Hall–Kier alpha value is -0.690. The van der Waals surface area contributed by atoms with Crippen molar-refractivity contribution >= 4 is 26.1 Å². The Labute approximate surface area is 162 Å². The third-order valence-electron chi connectivity index (χ3n) is 6.97. The molecule has 2 aromatic rings. The zero-order valence-electron chi connectivity index (χ0n) is 16.3. The first-order valence-electron chi connectivity index (χ1n) is 9.48. The van der Waals surface area contributed by atoms with Crippen molar-refractivity contribution in [3.63, 3.8) is 0 Å².